The van der Waals surface area contributed by atoms with Crippen molar-refractivity contribution in [3.63, 3.8) is 0 Å². The van der Waals surface area contributed by atoms with Crippen LogP contribution in [0.3, 0.4) is 0 Å². The molecule has 1 aromatic heterocycles. The number of aromatic nitrogens is 2. The highest BCUT2D eigenvalue weighted by atomic mass is 35.5. The van der Waals surface area contributed by atoms with Gasteiger partial charge in [-0.3, -0.25) is 4.68 Å². The van der Waals surface area contributed by atoms with Gasteiger partial charge in [0.25, 0.3) is 0 Å². The highest BCUT2D eigenvalue weighted by Crippen LogP contribution is 2.35. The van der Waals surface area contributed by atoms with Crippen molar-refractivity contribution in [3.8, 4) is 5.75 Å². The van der Waals surface area contributed by atoms with E-state index in [2.05, 4.69) is 17.3 Å². The number of aryl methyl sites for hydroxylation is 1. The number of nitrogens with one attached hydrogen (secondary N) is 1. The van der Waals surface area contributed by atoms with Gasteiger partial charge in [0.15, 0.2) is 0 Å². The maximum Gasteiger partial charge on any atom is 0.132 e. The lowest BCUT2D eigenvalue weighted by Crippen LogP contribution is -2.23. The fourth-order valence-electron chi connectivity index (χ4n) is 2.44. The fourth-order valence-corrected chi connectivity index (χ4v) is 2.69. The highest BCUT2D eigenvalue weighted by molar-refractivity contribution is 6.31. The molecule has 2 aromatic rings. The zero-order chi connectivity index (χ0) is 15.4. The SMILES string of the molecule is CCCn1ncc(Cl)c1C(NC)c1c(F)cccc1OC. The van der Waals surface area contributed by atoms with E-state index in [1.54, 1.807) is 30.1 Å². The molecule has 0 amide bonds. The van der Waals surface area contributed by atoms with E-state index in [9.17, 15) is 4.39 Å². The second-order valence-corrected chi connectivity index (χ2v) is 5.09. The summed E-state index contributed by atoms with van der Waals surface area (Å²) >= 11 is 6.27. The lowest BCUT2D eigenvalue weighted by molar-refractivity contribution is 0.396. The van der Waals surface area contributed by atoms with Crippen LogP contribution in [0.2, 0.25) is 5.02 Å². The maximum atomic E-state index is 14.3. The van der Waals surface area contributed by atoms with E-state index in [0.29, 0.717) is 16.3 Å². The zero-order valence-corrected chi connectivity index (χ0v) is 13.1. The molecule has 0 spiro atoms. The van der Waals surface area contributed by atoms with Crippen LogP contribution in [-0.4, -0.2) is 23.9 Å². The number of hydrogen-bond donors (Lipinski definition) is 1. The number of rotatable bonds is 6. The second-order valence-electron chi connectivity index (χ2n) is 4.68. The van der Waals surface area contributed by atoms with E-state index in [0.717, 1.165) is 18.7 Å². The average molecular weight is 312 g/mol. The minimum atomic E-state index is -0.428. The summed E-state index contributed by atoms with van der Waals surface area (Å²) in [6, 6.07) is 4.34. The zero-order valence-electron chi connectivity index (χ0n) is 12.4. The van der Waals surface area contributed by atoms with Gasteiger partial charge in [0.05, 0.1) is 35.6 Å². The van der Waals surface area contributed by atoms with Crippen molar-refractivity contribution in [1.82, 2.24) is 15.1 Å². The molecule has 1 heterocycles. The van der Waals surface area contributed by atoms with Crippen LogP contribution >= 0.6 is 11.6 Å². The predicted molar refractivity (Wildman–Crippen MR) is 81.4 cm³/mol. The Bertz CT molecular complexity index is 615. The summed E-state index contributed by atoms with van der Waals surface area (Å²) in [6.07, 6.45) is 2.50. The Balaban J connectivity index is 2.58. The van der Waals surface area contributed by atoms with Gasteiger partial charge < -0.3 is 10.1 Å². The summed E-state index contributed by atoms with van der Waals surface area (Å²) in [6.45, 7) is 2.77. The number of benzene rings is 1. The van der Waals surface area contributed by atoms with Crippen molar-refractivity contribution in [2.45, 2.75) is 25.9 Å². The molecule has 114 valence electrons. The molecule has 0 aliphatic heterocycles. The molecule has 0 aliphatic rings. The first-order valence-corrected chi connectivity index (χ1v) is 7.22. The van der Waals surface area contributed by atoms with Crippen LogP contribution < -0.4 is 10.1 Å². The number of hydrogen-bond acceptors (Lipinski definition) is 3. The molecule has 21 heavy (non-hydrogen) atoms. The number of ether oxygens (including phenoxy) is 1. The smallest absolute Gasteiger partial charge is 0.132 e. The quantitative estimate of drug-likeness (QED) is 0.888. The second kappa shape index (κ2) is 6.91. The summed E-state index contributed by atoms with van der Waals surface area (Å²) in [7, 11) is 3.28. The molecule has 0 fully saturated rings. The third kappa shape index (κ3) is 3.04. The molecule has 0 saturated carbocycles. The fraction of sp³-hybridized carbons (Fsp3) is 0.400. The minimum absolute atomic E-state index is 0.339. The Hall–Kier alpha value is -1.59. The van der Waals surface area contributed by atoms with Crippen molar-refractivity contribution in [2.75, 3.05) is 14.2 Å². The average Bonchev–Trinajstić information content (AvgIpc) is 2.83. The van der Waals surface area contributed by atoms with E-state index in [1.165, 1.54) is 13.2 Å². The van der Waals surface area contributed by atoms with Crippen LogP contribution in [0.4, 0.5) is 4.39 Å². The van der Waals surface area contributed by atoms with Crippen LogP contribution in [0.5, 0.6) is 5.75 Å². The van der Waals surface area contributed by atoms with Crippen LogP contribution in [-0.2, 0) is 6.54 Å². The monoisotopic (exact) mass is 311 g/mol. The summed E-state index contributed by atoms with van der Waals surface area (Å²) in [5, 5.41) is 7.88. The van der Waals surface area contributed by atoms with Crippen molar-refractivity contribution in [3.05, 3.63) is 46.5 Å². The molecule has 6 heteroatoms. The Kier molecular flexibility index (Phi) is 5.20. The summed E-state index contributed by atoms with van der Waals surface area (Å²) in [5.74, 6) is 0.142. The first-order valence-electron chi connectivity index (χ1n) is 6.84. The molecule has 1 aromatic carbocycles. The number of nitrogens with zero attached hydrogens (tertiary/aromatic N) is 2. The Labute approximate surface area is 128 Å². The van der Waals surface area contributed by atoms with Gasteiger partial charge >= 0.3 is 0 Å². The third-order valence-corrected chi connectivity index (χ3v) is 3.64. The van der Waals surface area contributed by atoms with Gasteiger partial charge in [0, 0.05) is 6.54 Å². The Morgan fingerprint density at radius 3 is 2.86 bits per heavy atom. The third-order valence-electron chi connectivity index (χ3n) is 3.35. The molecule has 0 bridgehead atoms. The lowest BCUT2D eigenvalue weighted by Gasteiger charge is -2.21. The van der Waals surface area contributed by atoms with E-state index in [4.69, 9.17) is 16.3 Å². The van der Waals surface area contributed by atoms with Gasteiger partial charge in [0.1, 0.15) is 11.6 Å². The molecule has 4 nitrogen and oxygen atoms in total. The summed E-state index contributed by atoms with van der Waals surface area (Å²) < 4.78 is 21.4. The summed E-state index contributed by atoms with van der Waals surface area (Å²) in [5.41, 5.74) is 1.17. The van der Waals surface area contributed by atoms with Gasteiger partial charge in [-0.1, -0.05) is 24.6 Å². The highest BCUT2D eigenvalue weighted by Gasteiger charge is 2.26. The van der Waals surface area contributed by atoms with Crippen molar-refractivity contribution in [2.24, 2.45) is 0 Å². The lowest BCUT2D eigenvalue weighted by atomic mass is 10.0. The number of methoxy groups -OCH3 is 1. The molecular weight excluding hydrogens is 293 g/mol. The normalized spacial score (nSPS) is 12.4. The minimum Gasteiger partial charge on any atom is -0.496 e. The van der Waals surface area contributed by atoms with Crippen LogP contribution in [0.25, 0.3) is 0 Å². The van der Waals surface area contributed by atoms with Crippen molar-refractivity contribution in [1.29, 1.82) is 0 Å². The topological polar surface area (TPSA) is 39.1 Å². The van der Waals surface area contributed by atoms with Crippen LogP contribution in [0.1, 0.15) is 30.6 Å². The Morgan fingerprint density at radius 1 is 1.48 bits per heavy atom. The van der Waals surface area contributed by atoms with E-state index in [-0.39, 0.29) is 5.82 Å². The molecule has 1 unspecified atom stereocenters. The molecule has 1 N–H and O–H groups in total. The molecule has 2 rings (SSSR count). The predicted octanol–water partition coefficient (Wildman–Crippen LogP) is 3.40. The molecular formula is C15H19ClFN3O. The van der Waals surface area contributed by atoms with Crippen LogP contribution in [0.15, 0.2) is 24.4 Å². The maximum absolute atomic E-state index is 14.3. The van der Waals surface area contributed by atoms with Gasteiger partial charge in [-0.15, -0.1) is 0 Å². The van der Waals surface area contributed by atoms with Crippen molar-refractivity contribution >= 4 is 11.6 Å². The molecule has 0 aliphatic carbocycles. The Morgan fingerprint density at radius 2 is 2.24 bits per heavy atom. The molecule has 0 saturated heterocycles. The van der Waals surface area contributed by atoms with E-state index in [1.807, 2.05) is 0 Å². The standard InChI is InChI=1S/C15H19ClFN3O/c1-4-8-20-15(10(16)9-19-20)14(18-2)13-11(17)6-5-7-12(13)21-3/h5-7,9,14,18H,4,8H2,1-3H3. The summed E-state index contributed by atoms with van der Waals surface area (Å²) in [4.78, 5) is 0. The van der Waals surface area contributed by atoms with E-state index < -0.39 is 6.04 Å². The van der Waals surface area contributed by atoms with E-state index >= 15 is 0 Å². The van der Waals surface area contributed by atoms with Gasteiger partial charge in [-0.05, 0) is 25.6 Å². The first kappa shape index (κ1) is 15.8. The van der Waals surface area contributed by atoms with Gasteiger partial charge in [-0.25, -0.2) is 4.39 Å². The molecule has 0 radical (unpaired) electrons. The van der Waals surface area contributed by atoms with Gasteiger partial charge in [0.2, 0.25) is 0 Å². The molecule has 1 atom stereocenters. The van der Waals surface area contributed by atoms with Crippen molar-refractivity contribution < 1.29 is 9.13 Å². The largest absolute Gasteiger partial charge is 0.496 e. The first-order chi connectivity index (χ1) is 10.1. The van der Waals surface area contributed by atoms with Crippen LogP contribution in [0, 0.1) is 5.82 Å². The van der Waals surface area contributed by atoms with Gasteiger partial charge in [-0.2, -0.15) is 5.10 Å². The number of halogens is 2.